The van der Waals surface area contributed by atoms with E-state index in [-0.39, 0.29) is 12.4 Å². The number of aliphatic hydroxyl groups is 1. The first-order valence-electron chi connectivity index (χ1n) is 9.32. The van der Waals surface area contributed by atoms with Gasteiger partial charge in [0.1, 0.15) is 23.9 Å². The summed E-state index contributed by atoms with van der Waals surface area (Å²) in [5, 5.41) is 10.1. The van der Waals surface area contributed by atoms with E-state index in [1.54, 1.807) is 19.2 Å². The Bertz CT molecular complexity index is 686. The predicted octanol–water partition coefficient (Wildman–Crippen LogP) is 2.79. The maximum absolute atomic E-state index is 12.9. The fourth-order valence-electron chi connectivity index (χ4n) is 3.16. The van der Waals surface area contributed by atoms with Crippen molar-refractivity contribution < 1.29 is 19.0 Å². The summed E-state index contributed by atoms with van der Waals surface area (Å²) in [6.07, 6.45) is 0.124. The van der Waals surface area contributed by atoms with Gasteiger partial charge in [0.15, 0.2) is 0 Å². The number of hydrogen-bond donors (Lipinski definition) is 1. The maximum Gasteiger partial charge on any atom is 0.123 e. The molecule has 0 spiro atoms. The van der Waals surface area contributed by atoms with Gasteiger partial charge in [-0.3, -0.25) is 4.90 Å². The summed E-state index contributed by atoms with van der Waals surface area (Å²) in [6, 6.07) is 14.0. The summed E-state index contributed by atoms with van der Waals surface area (Å²) in [5.41, 5.74) is 1.21. The van der Waals surface area contributed by atoms with Crippen LogP contribution < -0.4 is 14.4 Å². The number of rotatable bonds is 8. The SMILES string of the molecule is COc1ccc(N2CCN(CCC(O)COc3ccc(F)cc3)CC2)cc1. The Kier molecular flexibility index (Phi) is 6.90. The number of nitrogens with zero attached hydrogens (tertiary/aromatic N) is 2. The summed E-state index contributed by atoms with van der Waals surface area (Å²) < 4.78 is 23.6. The molecule has 1 fully saturated rings. The van der Waals surface area contributed by atoms with Gasteiger partial charge in [-0.25, -0.2) is 4.39 Å². The molecule has 1 saturated heterocycles. The van der Waals surface area contributed by atoms with Gasteiger partial charge in [-0.05, 0) is 55.0 Å². The third-order valence-electron chi connectivity index (χ3n) is 4.84. The smallest absolute Gasteiger partial charge is 0.123 e. The van der Waals surface area contributed by atoms with Gasteiger partial charge < -0.3 is 19.5 Å². The van der Waals surface area contributed by atoms with E-state index in [9.17, 15) is 9.50 Å². The minimum atomic E-state index is -0.533. The van der Waals surface area contributed by atoms with Crippen molar-refractivity contribution in [3.05, 3.63) is 54.3 Å². The standard InChI is InChI=1S/C21H27FN2O3/c1-26-20-8-4-18(5-9-20)24-14-12-23(13-15-24)11-10-19(25)16-27-21-6-2-17(22)3-7-21/h2-9,19,25H,10-16H2,1H3. The van der Waals surface area contributed by atoms with E-state index in [0.29, 0.717) is 12.2 Å². The van der Waals surface area contributed by atoms with Crippen LogP contribution >= 0.6 is 0 Å². The van der Waals surface area contributed by atoms with Gasteiger partial charge in [0.2, 0.25) is 0 Å². The van der Waals surface area contributed by atoms with Crippen molar-refractivity contribution in [2.24, 2.45) is 0 Å². The largest absolute Gasteiger partial charge is 0.497 e. The van der Waals surface area contributed by atoms with Crippen molar-refractivity contribution in [2.45, 2.75) is 12.5 Å². The third-order valence-corrected chi connectivity index (χ3v) is 4.84. The van der Waals surface area contributed by atoms with Crippen molar-refractivity contribution >= 4 is 5.69 Å². The zero-order valence-corrected chi connectivity index (χ0v) is 15.7. The Balaban J connectivity index is 1.35. The molecule has 1 aliphatic rings. The lowest BCUT2D eigenvalue weighted by atomic mass is 10.2. The average molecular weight is 374 g/mol. The second kappa shape index (κ2) is 9.58. The topological polar surface area (TPSA) is 45.2 Å². The van der Waals surface area contributed by atoms with Crippen molar-refractivity contribution in [1.82, 2.24) is 4.90 Å². The molecule has 1 heterocycles. The highest BCUT2D eigenvalue weighted by molar-refractivity contribution is 5.49. The van der Waals surface area contributed by atoms with Crippen LogP contribution in [-0.4, -0.2) is 62.6 Å². The highest BCUT2D eigenvalue weighted by Gasteiger charge is 2.18. The number of benzene rings is 2. The molecule has 2 aromatic rings. The Hall–Kier alpha value is -2.31. The van der Waals surface area contributed by atoms with E-state index >= 15 is 0 Å². The molecule has 1 unspecified atom stereocenters. The maximum atomic E-state index is 12.9. The minimum Gasteiger partial charge on any atom is -0.497 e. The van der Waals surface area contributed by atoms with Crippen molar-refractivity contribution in [2.75, 3.05) is 51.3 Å². The fourth-order valence-corrected chi connectivity index (χ4v) is 3.16. The van der Waals surface area contributed by atoms with Crippen LogP contribution in [0.5, 0.6) is 11.5 Å². The molecule has 0 aromatic heterocycles. The van der Waals surface area contributed by atoms with Gasteiger partial charge in [0.25, 0.3) is 0 Å². The third kappa shape index (κ3) is 5.84. The van der Waals surface area contributed by atoms with Crippen LogP contribution in [-0.2, 0) is 0 Å². The Morgan fingerprint density at radius 3 is 2.22 bits per heavy atom. The molecule has 0 bridgehead atoms. The molecule has 6 heteroatoms. The van der Waals surface area contributed by atoms with Gasteiger partial charge in [-0.1, -0.05) is 0 Å². The average Bonchev–Trinajstić information content (AvgIpc) is 2.72. The highest BCUT2D eigenvalue weighted by Crippen LogP contribution is 2.20. The van der Waals surface area contributed by atoms with Crippen LogP contribution in [0.4, 0.5) is 10.1 Å². The van der Waals surface area contributed by atoms with Crippen molar-refractivity contribution in [3.8, 4) is 11.5 Å². The zero-order valence-electron chi connectivity index (χ0n) is 15.7. The van der Waals surface area contributed by atoms with E-state index in [4.69, 9.17) is 9.47 Å². The van der Waals surface area contributed by atoms with Gasteiger partial charge in [-0.15, -0.1) is 0 Å². The lowest BCUT2D eigenvalue weighted by Crippen LogP contribution is -2.47. The van der Waals surface area contributed by atoms with Gasteiger partial charge in [0, 0.05) is 38.4 Å². The van der Waals surface area contributed by atoms with Crippen LogP contribution in [0.15, 0.2) is 48.5 Å². The number of hydrogen-bond acceptors (Lipinski definition) is 5. The van der Waals surface area contributed by atoms with E-state index in [1.165, 1.54) is 17.8 Å². The summed E-state index contributed by atoms with van der Waals surface area (Å²) in [7, 11) is 1.67. The molecule has 0 saturated carbocycles. The Morgan fingerprint density at radius 1 is 0.963 bits per heavy atom. The first-order valence-corrected chi connectivity index (χ1v) is 9.32. The van der Waals surface area contributed by atoms with E-state index in [1.807, 2.05) is 12.1 Å². The summed E-state index contributed by atoms with van der Waals surface area (Å²) in [6.45, 7) is 4.93. The Labute approximate surface area is 159 Å². The minimum absolute atomic E-state index is 0.220. The highest BCUT2D eigenvalue weighted by atomic mass is 19.1. The molecule has 146 valence electrons. The second-order valence-electron chi connectivity index (χ2n) is 6.73. The molecule has 3 rings (SSSR count). The summed E-state index contributed by atoms with van der Waals surface area (Å²) in [5.74, 6) is 1.15. The number of ether oxygens (including phenoxy) is 2. The Morgan fingerprint density at radius 2 is 1.59 bits per heavy atom. The van der Waals surface area contributed by atoms with E-state index in [0.717, 1.165) is 38.5 Å². The number of anilines is 1. The molecule has 27 heavy (non-hydrogen) atoms. The van der Waals surface area contributed by atoms with Crippen LogP contribution in [0.2, 0.25) is 0 Å². The molecule has 1 atom stereocenters. The van der Waals surface area contributed by atoms with Crippen LogP contribution in [0.1, 0.15) is 6.42 Å². The molecule has 1 aliphatic heterocycles. The van der Waals surface area contributed by atoms with Crippen LogP contribution in [0.3, 0.4) is 0 Å². The monoisotopic (exact) mass is 374 g/mol. The number of piperazine rings is 1. The molecule has 0 amide bonds. The molecule has 0 radical (unpaired) electrons. The first-order chi connectivity index (χ1) is 13.1. The molecule has 5 nitrogen and oxygen atoms in total. The second-order valence-corrected chi connectivity index (χ2v) is 6.73. The number of methoxy groups -OCH3 is 1. The van der Waals surface area contributed by atoms with Crippen molar-refractivity contribution in [1.29, 1.82) is 0 Å². The zero-order chi connectivity index (χ0) is 19.1. The van der Waals surface area contributed by atoms with Crippen LogP contribution in [0, 0.1) is 5.82 Å². The fraction of sp³-hybridized carbons (Fsp3) is 0.429. The first kappa shape index (κ1) is 19.5. The van der Waals surface area contributed by atoms with Crippen LogP contribution in [0.25, 0.3) is 0 Å². The van der Waals surface area contributed by atoms with Gasteiger partial charge >= 0.3 is 0 Å². The summed E-state index contributed by atoms with van der Waals surface area (Å²) in [4.78, 5) is 4.73. The summed E-state index contributed by atoms with van der Waals surface area (Å²) >= 11 is 0. The molecule has 1 N–H and O–H groups in total. The van der Waals surface area contributed by atoms with E-state index < -0.39 is 6.10 Å². The molecule has 2 aromatic carbocycles. The quantitative estimate of drug-likeness (QED) is 0.770. The van der Waals surface area contributed by atoms with E-state index in [2.05, 4.69) is 21.9 Å². The molecule has 0 aliphatic carbocycles. The van der Waals surface area contributed by atoms with Crippen molar-refractivity contribution in [3.63, 3.8) is 0 Å². The predicted molar refractivity (Wildman–Crippen MR) is 104 cm³/mol. The van der Waals surface area contributed by atoms with Gasteiger partial charge in [-0.2, -0.15) is 0 Å². The molecular weight excluding hydrogens is 347 g/mol. The number of halogens is 1. The molecular formula is C21H27FN2O3. The number of aliphatic hydroxyl groups excluding tert-OH is 1. The van der Waals surface area contributed by atoms with Gasteiger partial charge in [0.05, 0.1) is 13.2 Å². The lowest BCUT2D eigenvalue weighted by molar-refractivity contribution is 0.0866. The lowest BCUT2D eigenvalue weighted by Gasteiger charge is -2.36. The normalized spacial score (nSPS) is 16.2.